The van der Waals surface area contributed by atoms with E-state index in [9.17, 15) is 9.59 Å². The Kier molecular flexibility index (Phi) is 10.4. The lowest BCUT2D eigenvalue weighted by Crippen LogP contribution is -2.20. The molecular weight excluding hydrogens is 610 g/mol. The van der Waals surface area contributed by atoms with Crippen molar-refractivity contribution in [3.05, 3.63) is 118 Å². The maximum atomic E-state index is 12.7. The summed E-state index contributed by atoms with van der Waals surface area (Å²) in [5, 5.41) is 13.5. The van der Waals surface area contributed by atoms with E-state index < -0.39 is 0 Å². The zero-order valence-corrected chi connectivity index (χ0v) is 26.1. The molecule has 228 valence electrons. The van der Waals surface area contributed by atoms with Gasteiger partial charge in [0.05, 0.1) is 18.5 Å². The second-order valence-electron chi connectivity index (χ2n) is 9.79. The molecule has 5 aromatic rings. The number of halogens is 1. The summed E-state index contributed by atoms with van der Waals surface area (Å²) in [4.78, 5) is 29.7. The fraction of sp³-hybridized carbons (Fsp3) is 0.118. The van der Waals surface area contributed by atoms with Crippen LogP contribution in [-0.2, 0) is 4.79 Å². The summed E-state index contributed by atoms with van der Waals surface area (Å²) in [6.45, 7) is 4.03. The van der Waals surface area contributed by atoms with Gasteiger partial charge in [-0.2, -0.15) is 5.10 Å². The van der Waals surface area contributed by atoms with Crippen molar-refractivity contribution < 1.29 is 19.1 Å². The number of ether oxygens (including phenoxy) is 2. The third-order valence-electron chi connectivity index (χ3n) is 6.35. The summed E-state index contributed by atoms with van der Waals surface area (Å²) < 4.78 is 11.4. The van der Waals surface area contributed by atoms with Crippen molar-refractivity contribution in [1.82, 2.24) is 10.4 Å². The number of hydrogen-bond donors (Lipinski definition) is 3. The molecule has 11 heteroatoms. The quantitative estimate of drug-likeness (QED) is 0.0952. The predicted octanol–water partition coefficient (Wildman–Crippen LogP) is 7.70. The number of hydrazone groups is 1. The number of nitrogens with one attached hydrogen (secondary N) is 3. The van der Waals surface area contributed by atoms with Crippen molar-refractivity contribution in [2.24, 2.45) is 5.10 Å². The van der Waals surface area contributed by atoms with E-state index in [1.165, 1.54) is 17.6 Å². The Morgan fingerprint density at radius 3 is 2.49 bits per heavy atom. The van der Waals surface area contributed by atoms with E-state index in [4.69, 9.17) is 21.1 Å². The van der Waals surface area contributed by atoms with Crippen LogP contribution < -0.4 is 25.5 Å². The first kappa shape index (κ1) is 31.2. The van der Waals surface area contributed by atoms with Gasteiger partial charge in [-0.05, 0) is 91.7 Å². The van der Waals surface area contributed by atoms with Crippen molar-refractivity contribution >= 4 is 57.5 Å². The lowest BCUT2D eigenvalue weighted by Gasteiger charge is -2.13. The zero-order chi connectivity index (χ0) is 31.6. The monoisotopic (exact) mass is 639 g/mol. The zero-order valence-electron chi connectivity index (χ0n) is 24.5. The van der Waals surface area contributed by atoms with E-state index in [0.29, 0.717) is 39.9 Å². The van der Waals surface area contributed by atoms with Crippen molar-refractivity contribution in [3.8, 4) is 22.8 Å². The average molecular weight is 640 g/mol. The number of hydrogen-bond acceptors (Lipinski definition) is 8. The molecule has 0 atom stereocenters. The Balaban J connectivity index is 1.14. The van der Waals surface area contributed by atoms with Crippen molar-refractivity contribution in [2.75, 3.05) is 23.8 Å². The summed E-state index contributed by atoms with van der Waals surface area (Å²) >= 11 is 7.44. The van der Waals surface area contributed by atoms with E-state index in [-0.39, 0.29) is 18.4 Å². The number of aryl methyl sites for hydroxylation is 1. The van der Waals surface area contributed by atoms with Crippen LogP contribution in [0.15, 0.2) is 101 Å². The minimum Gasteiger partial charge on any atom is -0.490 e. The topological polar surface area (TPSA) is 114 Å². The molecule has 0 aliphatic carbocycles. The van der Waals surface area contributed by atoms with Gasteiger partial charge in [0.2, 0.25) is 0 Å². The van der Waals surface area contributed by atoms with Crippen LogP contribution in [0, 0.1) is 6.92 Å². The summed E-state index contributed by atoms with van der Waals surface area (Å²) in [6, 6.07) is 27.2. The van der Waals surface area contributed by atoms with E-state index >= 15 is 0 Å². The first-order valence-electron chi connectivity index (χ1n) is 14.0. The van der Waals surface area contributed by atoms with Crippen LogP contribution >= 0.6 is 22.9 Å². The van der Waals surface area contributed by atoms with Crippen LogP contribution in [0.25, 0.3) is 11.3 Å². The van der Waals surface area contributed by atoms with E-state index in [2.05, 4.69) is 26.1 Å². The summed E-state index contributed by atoms with van der Waals surface area (Å²) in [5.41, 5.74) is 8.00. The van der Waals surface area contributed by atoms with Gasteiger partial charge >= 0.3 is 0 Å². The number of thiazole rings is 1. The van der Waals surface area contributed by atoms with E-state index in [1.807, 2.05) is 79.9 Å². The molecule has 0 spiro atoms. The molecule has 2 amide bonds. The smallest absolute Gasteiger partial charge is 0.271 e. The molecule has 4 aromatic carbocycles. The second kappa shape index (κ2) is 15.0. The largest absolute Gasteiger partial charge is 0.490 e. The molecule has 0 aliphatic rings. The Hall–Kier alpha value is -5.19. The molecule has 9 nitrogen and oxygen atoms in total. The molecule has 0 bridgehead atoms. The van der Waals surface area contributed by atoms with Crippen molar-refractivity contribution in [2.45, 2.75) is 13.8 Å². The van der Waals surface area contributed by atoms with Crippen LogP contribution in [0.5, 0.6) is 11.5 Å². The van der Waals surface area contributed by atoms with Gasteiger partial charge in [0, 0.05) is 32.9 Å². The number of anilines is 3. The number of aromatic nitrogens is 1. The minimum atomic E-state index is -0.356. The molecule has 0 unspecified atom stereocenters. The minimum absolute atomic E-state index is 0.180. The highest BCUT2D eigenvalue weighted by molar-refractivity contribution is 7.14. The average Bonchev–Trinajstić information content (AvgIpc) is 3.50. The predicted molar refractivity (Wildman–Crippen MR) is 180 cm³/mol. The standard InChI is InChI=1S/C34H30ClN5O4S/c1-3-43-31-18-23(7-16-30(31)44-20-32(41)37-28-6-4-5-22(2)17-28)19-36-40-33(42)25-10-8-24(9-11-25)29-21-45-34(39-29)38-27-14-12-26(35)13-15-27/h4-19,21H,3,20H2,1-2H3,(H,37,41)(H,38,39)(H,40,42)/b36-19-. The summed E-state index contributed by atoms with van der Waals surface area (Å²) in [5.74, 6) is 0.239. The molecule has 0 saturated heterocycles. The first-order valence-corrected chi connectivity index (χ1v) is 15.3. The third kappa shape index (κ3) is 8.91. The van der Waals surface area contributed by atoms with Crippen molar-refractivity contribution in [3.63, 3.8) is 0 Å². The van der Waals surface area contributed by atoms with Gasteiger partial charge in [-0.1, -0.05) is 35.9 Å². The third-order valence-corrected chi connectivity index (χ3v) is 7.36. The van der Waals surface area contributed by atoms with E-state index in [0.717, 1.165) is 27.6 Å². The van der Waals surface area contributed by atoms with Gasteiger partial charge in [0.1, 0.15) is 0 Å². The lowest BCUT2D eigenvalue weighted by atomic mass is 10.1. The van der Waals surface area contributed by atoms with Crippen LogP contribution in [0.4, 0.5) is 16.5 Å². The SMILES string of the molecule is CCOc1cc(/C=N\NC(=O)c2ccc(-c3csc(Nc4ccc(Cl)cc4)n3)cc2)ccc1OCC(=O)Nc1cccc(C)c1. The van der Waals surface area contributed by atoms with Crippen LogP contribution in [-0.4, -0.2) is 36.2 Å². The van der Waals surface area contributed by atoms with Gasteiger partial charge in [0.25, 0.3) is 11.8 Å². The number of rotatable bonds is 12. The highest BCUT2D eigenvalue weighted by Crippen LogP contribution is 2.29. The highest BCUT2D eigenvalue weighted by Gasteiger charge is 2.11. The first-order chi connectivity index (χ1) is 21.9. The maximum Gasteiger partial charge on any atom is 0.271 e. The van der Waals surface area contributed by atoms with Gasteiger partial charge < -0.3 is 20.1 Å². The van der Waals surface area contributed by atoms with Gasteiger partial charge in [0.15, 0.2) is 23.2 Å². The number of benzene rings is 4. The number of nitrogens with zero attached hydrogens (tertiary/aromatic N) is 2. The normalized spacial score (nSPS) is 10.8. The number of carbonyl (C=O) groups is 2. The molecular formula is C34H30ClN5O4S. The molecule has 5 rings (SSSR count). The van der Waals surface area contributed by atoms with Crippen molar-refractivity contribution in [1.29, 1.82) is 0 Å². The van der Waals surface area contributed by atoms with Crippen LogP contribution in [0.1, 0.15) is 28.4 Å². The Bertz CT molecular complexity index is 1810. The molecule has 0 aliphatic heterocycles. The van der Waals surface area contributed by atoms with Crippen LogP contribution in [0.2, 0.25) is 5.02 Å². The molecule has 1 aromatic heterocycles. The Labute approximate surface area is 269 Å². The molecule has 0 saturated carbocycles. The molecule has 0 radical (unpaired) electrons. The Morgan fingerprint density at radius 2 is 1.73 bits per heavy atom. The Morgan fingerprint density at radius 1 is 0.933 bits per heavy atom. The molecule has 0 fully saturated rings. The highest BCUT2D eigenvalue weighted by atomic mass is 35.5. The fourth-order valence-corrected chi connectivity index (χ4v) is 5.06. The molecule has 3 N–H and O–H groups in total. The number of amides is 2. The van der Waals surface area contributed by atoms with Crippen LogP contribution in [0.3, 0.4) is 0 Å². The van der Waals surface area contributed by atoms with E-state index in [1.54, 1.807) is 30.3 Å². The molecule has 45 heavy (non-hydrogen) atoms. The van der Waals surface area contributed by atoms with Gasteiger partial charge in [-0.25, -0.2) is 10.4 Å². The lowest BCUT2D eigenvalue weighted by molar-refractivity contribution is -0.118. The van der Waals surface area contributed by atoms with Gasteiger partial charge in [-0.3, -0.25) is 9.59 Å². The second-order valence-corrected chi connectivity index (χ2v) is 11.1. The summed E-state index contributed by atoms with van der Waals surface area (Å²) in [7, 11) is 0. The number of carbonyl (C=O) groups excluding carboxylic acids is 2. The summed E-state index contributed by atoms with van der Waals surface area (Å²) in [6.07, 6.45) is 1.51. The maximum absolute atomic E-state index is 12.7. The van der Waals surface area contributed by atoms with Gasteiger partial charge in [-0.15, -0.1) is 11.3 Å². The molecule has 1 heterocycles. The fourth-order valence-electron chi connectivity index (χ4n) is 4.20.